The number of ether oxygens (including phenoxy) is 2. The summed E-state index contributed by atoms with van der Waals surface area (Å²) < 4.78 is 43.7. The van der Waals surface area contributed by atoms with Crippen molar-refractivity contribution in [3.8, 4) is 23.0 Å². The zero-order valence-electron chi connectivity index (χ0n) is 21.0. The molecule has 5 rings (SSSR count). The minimum Gasteiger partial charge on any atom is -0.493 e. The minimum atomic E-state index is -1.25. The van der Waals surface area contributed by atoms with Crippen LogP contribution in [-0.4, -0.2) is 45.1 Å². The number of para-hydroxylation sites is 2. The van der Waals surface area contributed by atoms with Crippen LogP contribution in [0.3, 0.4) is 0 Å². The summed E-state index contributed by atoms with van der Waals surface area (Å²) in [6.07, 6.45) is 1.34. The number of hydrazone groups is 1. The van der Waals surface area contributed by atoms with Crippen LogP contribution in [0.15, 0.2) is 64.3 Å². The number of hydrogen-bond acceptors (Lipinski definition) is 10. The highest BCUT2D eigenvalue weighted by Gasteiger charge is 2.21. The third kappa shape index (κ3) is 5.67. The summed E-state index contributed by atoms with van der Waals surface area (Å²) in [6.45, 7) is -0.176. The fourth-order valence-electron chi connectivity index (χ4n) is 3.81. The molecule has 0 atom stereocenters. The first-order valence-corrected chi connectivity index (χ1v) is 12.0. The number of imidazole rings is 1. The minimum absolute atomic E-state index is 0.0133. The smallest absolute Gasteiger partial charge is 0.345 e. The fraction of sp³-hybridized carbons (Fsp3) is 0.0769. The average Bonchev–Trinajstić information content (AvgIpc) is 3.54. The fourth-order valence-corrected chi connectivity index (χ4v) is 4.03. The summed E-state index contributed by atoms with van der Waals surface area (Å²) in [5.74, 6) is -3.52. The van der Waals surface area contributed by atoms with Crippen LogP contribution in [0.4, 0.5) is 14.6 Å². The molecule has 2 heterocycles. The van der Waals surface area contributed by atoms with Gasteiger partial charge in [-0.15, -0.1) is 0 Å². The lowest BCUT2D eigenvalue weighted by Crippen LogP contribution is -2.23. The number of nitrogens with one attached hydrogen (secondary N) is 1. The molecule has 1 amide bonds. The molecule has 2 aromatic heterocycles. The summed E-state index contributed by atoms with van der Waals surface area (Å²) >= 11 is 5.85. The number of anilines is 1. The molecule has 0 saturated carbocycles. The van der Waals surface area contributed by atoms with Crippen molar-refractivity contribution in [2.75, 3.05) is 12.8 Å². The van der Waals surface area contributed by atoms with E-state index in [9.17, 15) is 18.4 Å². The van der Waals surface area contributed by atoms with E-state index in [0.29, 0.717) is 34.6 Å². The highest BCUT2D eigenvalue weighted by molar-refractivity contribution is 6.33. The summed E-state index contributed by atoms with van der Waals surface area (Å²) in [4.78, 5) is 29.7. The molecule has 12 nitrogen and oxygen atoms in total. The number of rotatable bonds is 8. The monoisotopic (exact) mass is 581 g/mol. The van der Waals surface area contributed by atoms with Gasteiger partial charge in [-0.25, -0.2) is 28.6 Å². The Morgan fingerprint density at radius 2 is 1.90 bits per heavy atom. The zero-order chi connectivity index (χ0) is 29.1. The Hall–Kier alpha value is -5.37. The number of esters is 1. The maximum Gasteiger partial charge on any atom is 0.345 e. The topological polar surface area (TPSA) is 160 Å². The number of nitrogens with zero attached hydrogens (tertiary/aromatic N) is 5. The summed E-state index contributed by atoms with van der Waals surface area (Å²) in [6, 6.07) is 12.9. The summed E-state index contributed by atoms with van der Waals surface area (Å²) in [5.41, 5.74) is 9.83. The number of halogens is 3. The third-order valence-electron chi connectivity index (χ3n) is 5.71. The van der Waals surface area contributed by atoms with Crippen molar-refractivity contribution in [3.63, 3.8) is 0 Å². The standard InChI is InChI=1S/C26H18ClF2N7O5/c1-39-21-8-13(6-7-20(21)40-26(38)14-9-16(28)17(29)10-15(14)27)11-31-33-22(37)12-36-19-5-3-2-4-18(19)32-25(36)23-24(30)35-41-34-23/h2-11H,12H2,1H3,(H2,30,35)(H,33,37). The number of fused-ring (bicyclic) bond motifs is 1. The third-order valence-corrected chi connectivity index (χ3v) is 6.02. The number of hydrogen-bond donors (Lipinski definition) is 2. The van der Waals surface area contributed by atoms with E-state index < -0.39 is 23.5 Å². The van der Waals surface area contributed by atoms with Crippen LogP contribution in [0.1, 0.15) is 15.9 Å². The zero-order valence-corrected chi connectivity index (χ0v) is 21.7. The van der Waals surface area contributed by atoms with Gasteiger partial charge in [0.05, 0.1) is 34.9 Å². The summed E-state index contributed by atoms with van der Waals surface area (Å²) in [5, 5.41) is 11.0. The molecule has 208 valence electrons. The molecular weight excluding hydrogens is 564 g/mol. The molecule has 0 aliphatic rings. The van der Waals surface area contributed by atoms with E-state index in [2.05, 4.69) is 30.5 Å². The number of nitrogen functional groups attached to an aromatic ring is 1. The summed E-state index contributed by atoms with van der Waals surface area (Å²) in [7, 11) is 1.34. The van der Waals surface area contributed by atoms with Crippen molar-refractivity contribution in [1.82, 2.24) is 25.3 Å². The van der Waals surface area contributed by atoms with Crippen molar-refractivity contribution in [1.29, 1.82) is 0 Å². The molecule has 41 heavy (non-hydrogen) atoms. The normalized spacial score (nSPS) is 11.2. The van der Waals surface area contributed by atoms with Crippen LogP contribution < -0.4 is 20.6 Å². The molecule has 0 unspecified atom stereocenters. The Balaban J connectivity index is 1.29. The Labute approximate surface area is 234 Å². The largest absolute Gasteiger partial charge is 0.493 e. The van der Waals surface area contributed by atoms with Crippen LogP contribution in [0, 0.1) is 11.6 Å². The molecule has 3 aromatic carbocycles. The lowest BCUT2D eigenvalue weighted by Gasteiger charge is -2.11. The van der Waals surface area contributed by atoms with Crippen molar-refractivity contribution < 1.29 is 32.5 Å². The van der Waals surface area contributed by atoms with Crippen molar-refractivity contribution in [2.24, 2.45) is 5.10 Å². The molecule has 0 aliphatic heterocycles. The molecule has 5 aromatic rings. The van der Waals surface area contributed by atoms with Gasteiger partial charge in [-0.3, -0.25) is 4.79 Å². The van der Waals surface area contributed by atoms with E-state index in [-0.39, 0.29) is 40.1 Å². The predicted molar refractivity (Wildman–Crippen MR) is 142 cm³/mol. The van der Waals surface area contributed by atoms with E-state index in [0.717, 1.165) is 0 Å². The van der Waals surface area contributed by atoms with Gasteiger partial charge in [-0.2, -0.15) is 5.10 Å². The Kier molecular flexibility index (Phi) is 7.56. The Morgan fingerprint density at radius 1 is 1.12 bits per heavy atom. The first-order chi connectivity index (χ1) is 19.7. The number of nitrogens with two attached hydrogens (primary N) is 1. The number of amides is 1. The maximum atomic E-state index is 13.6. The molecule has 0 bridgehead atoms. The van der Waals surface area contributed by atoms with Gasteiger partial charge in [0.15, 0.2) is 40.5 Å². The van der Waals surface area contributed by atoms with Gasteiger partial charge < -0.3 is 19.8 Å². The first kappa shape index (κ1) is 27.2. The second kappa shape index (κ2) is 11.4. The van der Waals surface area contributed by atoms with E-state index in [1.165, 1.54) is 31.5 Å². The van der Waals surface area contributed by atoms with Crippen LogP contribution in [-0.2, 0) is 11.3 Å². The molecule has 0 spiro atoms. The van der Waals surface area contributed by atoms with Gasteiger partial charge in [-0.1, -0.05) is 23.7 Å². The number of carbonyl (C=O) groups is 2. The van der Waals surface area contributed by atoms with Gasteiger partial charge in [0.1, 0.15) is 6.54 Å². The second-order valence-electron chi connectivity index (χ2n) is 8.35. The average molecular weight is 582 g/mol. The first-order valence-electron chi connectivity index (χ1n) is 11.7. The molecule has 0 fully saturated rings. The molecular formula is C26H18ClF2N7O5. The predicted octanol–water partition coefficient (Wildman–Crippen LogP) is 3.98. The van der Waals surface area contributed by atoms with E-state index in [4.69, 9.17) is 26.8 Å². The van der Waals surface area contributed by atoms with Crippen LogP contribution >= 0.6 is 11.6 Å². The van der Waals surface area contributed by atoms with Crippen molar-refractivity contribution in [3.05, 3.63) is 82.4 Å². The van der Waals surface area contributed by atoms with E-state index in [1.807, 2.05) is 0 Å². The van der Waals surface area contributed by atoms with Gasteiger partial charge >= 0.3 is 5.97 Å². The van der Waals surface area contributed by atoms with Gasteiger partial charge in [0, 0.05) is 0 Å². The molecule has 3 N–H and O–H groups in total. The highest BCUT2D eigenvalue weighted by atomic mass is 35.5. The molecule has 15 heteroatoms. The lowest BCUT2D eigenvalue weighted by molar-refractivity contribution is -0.121. The Morgan fingerprint density at radius 3 is 2.66 bits per heavy atom. The lowest BCUT2D eigenvalue weighted by atomic mass is 10.2. The maximum absolute atomic E-state index is 13.6. The second-order valence-corrected chi connectivity index (χ2v) is 8.75. The van der Waals surface area contributed by atoms with Crippen LogP contribution in [0.2, 0.25) is 5.02 Å². The Bertz CT molecular complexity index is 1820. The van der Waals surface area contributed by atoms with Crippen LogP contribution in [0.5, 0.6) is 11.5 Å². The van der Waals surface area contributed by atoms with E-state index >= 15 is 0 Å². The molecule has 0 saturated heterocycles. The van der Waals surface area contributed by atoms with Gasteiger partial charge in [0.25, 0.3) is 5.91 Å². The van der Waals surface area contributed by atoms with E-state index in [1.54, 1.807) is 28.8 Å². The molecule has 0 radical (unpaired) electrons. The van der Waals surface area contributed by atoms with Gasteiger partial charge in [-0.05, 0) is 58.3 Å². The van der Waals surface area contributed by atoms with Crippen molar-refractivity contribution in [2.45, 2.75) is 6.54 Å². The number of carbonyl (C=O) groups excluding carboxylic acids is 2. The molecule has 0 aliphatic carbocycles. The SMILES string of the molecule is COc1cc(C=NNC(=O)Cn2c(-c3nonc3N)nc3ccccc32)ccc1OC(=O)c1cc(F)c(F)cc1Cl. The van der Waals surface area contributed by atoms with Gasteiger partial charge in [0.2, 0.25) is 0 Å². The number of aromatic nitrogens is 4. The quantitative estimate of drug-likeness (QED) is 0.0908. The number of benzene rings is 3. The number of methoxy groups -OCH3 is 1. The van der Waals surface area contributed by atoms with Crippen LogP contribution in [0.25, 0.3) is 22.6 Å². The highest BCUT2D eigenvalue weighted by Crippen LogP contribution is 2.30. The van der Waals surface area contributed by atoms with Crippen molar-refractivity contribution >= 4 is 46.5 Å².